The van der Waals surface area contributed by atoms with E-state index in [1.807, 2.05) is 91.0 Å². The number of anilines is 1. The van der Waals surface area contributed by atoms with Gasteiger partial charge >= 0.3 is 12.1 Å². The molecular weight excluding hydrogens is 731 g/mol. The molecule has 1 saturated heterocycles. The van der Waals surface area contributed by atoms with Gasteiger partial charge in [-0.05, 0) is 37.5 Å². The molecule has 1 fully saturated rings. The van der Waals surface area contributed by atoms with E-state index in [0.29, 0.717) is 10.7 Å². The minimum atomic E-state index is -1.03. The number of hydrogen-bond acceptors (Lipinski definition) is 13. The second-order valence-electron chi connectivity index (χ2n) is 13.2. The smallest absolute Gasteiger partial charge is 0.461 e. The second kappa shape index (κ2) is 16.1. The normalized spacial score (nSPS) is 17.2. The van der Waals surface area contributed by atoms with E-state index in [1.54, 1.807) is 26.2 Å². The van der Waals surface area contributed by atoms with E-state index in [2.05, 4.69) is 15.8 Å². The number of amides is 2. The van der Waals surface area contributed by atoms with Gasteiger partial charge < -0.3 is 29.7 Å². The number of oxime groups is 1. The molecule has 2 N–H and O–H groups in total. The molecule has 3 heterocycles. The number of thioether (sulfide) groups is 1. The molecule has 54 heavy (non-hydrogen) atoms. The number of nitrogens with zero attached hydrogens (tertiary/aromatic N) is 3. The number of aromatic nitrogens is 1. The van der Waals surface area contributed by atoms with Crippen molar-refractivity contribution in [2.45, 2.75) is 50.3 Å². The van der Waals surface area contributed by atoms with Crippen molar-refractivity contribution in [3.05, 3.63) is 130 Å². The first kappa shape index (κ1) is 38.1. The van der Waals surface area contributed by atoms with Crippen LogP contribution in [0.2, 0.25) is 0 Å². The summed E-state index contributed by atoms with van der Waals surface area (Å²) >= 11 is 2.60. The lowest BCUT2D eigenvalue weighted by atomic mass is 9.77. The molecule has 13 nitrogen and oxygen atoms in total. The molecule has 3 aromatic carbocycles. The van der Waals surface area contributed by atoms with E-state index in [0.717, 1.165) is 16.7 Å². The molecule has 0 bridgehead atoms. The summed E-state index contributed by atoms with van der Waals surface area (Å²) in [6.07, 6.45) is -1.03. The summed E-state index contributed by atoms with van der Waals surface area (Å²) in [5.41, 5.74) is 1.68. The molecule has 280 valence electrons. The van der Waals surface area contributed by atoms with Crippen molar-refractivity contribution in [1.82, 2.24) is 15.2 Å². The quantitative estimate of drug-likeness (QED) is 0.0571. The zero-order chi connectivity index (χ0) is 38.5. The van der Waals surface area contributed by atoms with Crippen molar-refractivity contribution in [3.8, 4) is 0 Å². The van der Waals surface area contributed by atoms with Crippen LogP contribution >= 0.6 is 23.1 Å². The Kier molecular flexibility index (Phi) is 11.4. The minimum absolute atomic E-state index is 0.0931. The maximum Gasteiger partial charge on any atom is 0.515 e. The Morgan fingerprint density at radius 1 is 0.926 bits per heavy atom. The Labute approximate surface area is 320 Å². The van der Waals surface area contributed by atoms with Gasteiger partial charge in [-0.2, -0.15) is 0 Å². The molecule has 15 heteroatoms. The number of β-lactam (4-membered cyclic amide) rings is 1. The first-order valence-electron chi connectivity index (χ1n) is 16.9. The highest BCUT2D eigenvalue weighted by Crippen LogP contribution is 2.42. The lowest BCUT2D eigenvalue weighted by molar-refractivity contribution is -0.148. The third-order valence-corrected chi connectivity index (χ3v) is 10.5. The molecule has 2 atom stereocenters. The van der Waals surface area contributed by atoms with Crippen molar-refractivity contribution < 1.29 is 38.2 Å². The van der Waals surface area contributed by atoms with Crippen LogP contribution in [0.3, 0.4) is 0 Å². The van der Waals surface area contributed by atoms with Crippen LogP contribution < -0.4 is 10.6 Å². The van der Waals surface area contributed by atoms with E-state index in [9.17, 15) is 19.2 Å². The molecule has 6 rings (SSSR count). The highest BCUT2D eigenvalue weighted by molar-refractivity contribution is 8.00. The van der Waals surface area contributed by atoms with Crippen molar-refractivity contribution in [3.63, 3.8) is 0 Å². The van der Waals surface area contributed by atoms with Crippen LogP contribution in [0, 0.1) is 0 Å². The van der Waals surface area contributed by atoms with E-state index in [-0.39, 0.29) is 29.6 Å². The highest BCUT2D eigenvalue weighted by Gasteiger charge is 2.54. The summed E-state index contributed by atoms with van der Waals surface area (Å²) in [4.78, 5) is 62.8. The van der Waals surface area contributed by atoms with Gasteiger partial charge in [0.25, 0.3) is 11.8 Å². The topological polar surface area (TPSA) is 158 Å². The van der Waals surface area contributed by atoms with Crippen LogP contribution in [0.25, 0.3) is 0 Å². The SMILES string of the molecule is CON=C(C(=O)NC1C(=O)N2C(OC(=O)OC(C)(C)C)=C(COC(C)=O)CSC12)c1csc(NC(c2ccccc2)(c2ccccc2)c2ccccc2)n1. The summed E-state index contributed by atoms with van der Waals surface area (Å²) in [6, 6.07) is 29.1. The average molecular weight is 770 g/mol. The zero-order valence-electron chi connectivity index (χ0n) is 30.2. The van der Waals surface area contributed by atoms with Crippen LogP contribution in [-0.4, -0.2) is 76.0 Å². The number of carbonyl (C=O) groups excluding carboxylic acids is 4. The molecule has 4 aromatic rings. The Morgan fingerprint density at radius 2 is 1.50 bits per heavy atom. The molecule has 0 radical (unpaired) electrons. The third kappa shape index (κ3) is 8.11. The van der Waals surface area contributed by atoms with E-state index in [4.69, 9.17) is 24.0 Å². The first-order chi connectivity index (χ1) is 25.9. The van der Waals surface area contributed by atoms with E-state index in [1.165, 1.54) is 42.0 Å². The predicted molar refractivity (Wildman–Crippen MR) is 204 cm³/mol. The maximum absolute atomic E-state index is 13.8. The van der Waals surface area contributed by atoms with Crippen LogP contribution in [-0.2, 0) is 39.0 Å². The van der Waals surface area contributed by atoms with Gasteiger partial charge in [0.1, 0.15) is 42.0 Å². The first-order valence-corrected chi connectivity index (χ1v) is 18.9. The standard InChI is InChI=1S/C39H39N5O8S2/c1-24(45)50-21-25-22-53-35-31(33(47)44(35)34(25)51-37(48)52-38(2,3)4)41-32(46)30(43-49-5)29-23-54-36(40-29)42-39(26-15-9-6-10-16-26,27-17-11-7-12-18-27)28-19-13-8-14-20-28/h6-20,23,31,35H,21-22H2,1-5H3,(H,40,42)(H,41,46). The van der Waals surface area contributed by atoms with Gasteiger partial charge in [0.2, 0.25) is 5.88 Å². The molecule has 2 aliphatic rings. The van der Waals surface area contributed by atoms with E-state index < -0.39 is 46.5 Å². The predicted octanol–water partition coefficient (Wildman–Crippen LogP) is 6.02. The molecule has 1 aromatic heterocycles. The fraction of sp³-hybridized carbons (Fsp3) is 0.282. The molecule has 2 unspecified atom stereocenters. The van der Waals surface area contributed by atoms with E-state index >= 15 is 0 Å². The number of esters is 1. The average Bonchev–Trinajstić information content (AvgIpc) is 3.62. The minimum Gasteiger partial charge on any atom is -0.461 e. The van der Waals surface area contributed by atoms with Gasteiger partial charge in [-0.3, -0.25) is 19.3 Å². The van der Waals surface area contributed by atoms with Crippen molar-refractivity contribution in [2.75, 3.05) is 24.8 Å². The summed E-state index contributed by atoms with van der Waals surface area (Å²) in [5.74, 6) is -1.63. The number of thiazole rings is 1. The number of hydrogen-bond donors (Lipinski definition) is 2. The summed E-state index contributed by atoms with van der Waals surface area (Å²) in [7, 11) is 1.31. The molecule has 0 spiro atoms. The van der Waals surface area contributed by atoms with Gasteiger partial charge in [-0.15, -0.1) is 23.1 Å². The summed E-state index contributed by atoms with van der Waals surface area (Å²) < 4.78 is 16.0. The third-order valence-electron chi connectivity index (χ3n) is 8.36. The number of nitrogens with one attached hydrogen (secondary N) is 2. The molecule has 0 aliphatic carbocycles. The summed E-state index contributed by atoms with van der Waals surface area (Å²) in [5, 5.41) is 12.0. The fourth-order valence-electron chi connectivity index (χ4n) is 6.05. The Hall–Kier alpha value is -5.67. The molecule has 2 amide bonds. The van der Waals surface area contributed by atoms with Crippen molar-refractivity contribution in [2.24, 2.45) is 5.16 Å². The van der Waals surface area contributed by atoms with Crippen LogP contribution in [0.4, 0.5) is 9.93 Å². The lowest BCUT2D eigenvalue weighted by Gasteiger charge is -2.49. The molecular formula is C39H39N5O8S2. The Balaban J connectivity index is 1.25. The van der Waals surface area contributed by atoms with Crippen LogP contribution in [0.15, 0.2) is 113 Å². The molecule has 2 aliphatic heterocycles. The van der Waals surface area contributed by atoms with Crippen LogP contribution in [0.5, 0.6) is 0 Å². The number of carbonyl (C=O) groups is 4. The summed E-state index contributed by atoms with van der Waals surface area (Å²) in [6.45, 7) is 6.08. The van der Waals surface area contributed by atoms with Gasteiger partial charge in [0, 0.05) is 23.6 Å². The lowest BCUT2D eigenvalue weighted by Crippen LogP contribution is -2.70. The largest absolute Gasteiger partial charge is 0.515 e. The number of benzene rings is 3. The zero-order valence-corrected chi connectivity index (χ0v) is 31.9. The second-order valence-corrected chi connectivity index (χ2v) is 15.2. The monoisotopic (exact) mass is 769 g/mol. The van der Waals surface area contributed by atoms with Crippen LogP contribution in [0.1, 0.15) is 50.1 Å². The number of ether oxygens (including phenoxy) is 3. The Bertz CT molecular complexity index is 1970. The Morgan fingerprint density at radius 3 is 2.02 bits per heavy atom. The van der Waals surface area contributed by atoms with Crippen molar-refractivity contribution >= 4 is 57.9 Å². The number of rotatable bonds is 12. The fourth-order valence-corrected chi connectivity index (χ4v) is 8.11. The molecule has 0 saturated carbocycles. The maximum atomic E-state index is 13.8. The number of fused-ring (bicyclic) bond motifs is 1. The van der Waals surface area contributed by atoms with Gasteiger partial charge in [-0.1, -0.05) is 96.2 Å². The van der Waals surface area contributed by atoms with Gasteiger partial charge in [-0.25, -0.2) is 9.78 Å². The van der Waals surface area contributed by atoms with Gasteiger partial charge in [0.05, 0.1) is 0 Å². The highest BCUT2D eigenvalue weighted by atomic mass is 32.2. The van der Waals surface area contributed by atoms with Crippen molar-refractivity contribution in [1.29, 1.82) is 0 Å². The van der Waals surface area contributed by atoms with Gasteiger partial charge in [0.15, 0.2) is 10.8 Å².